The van der Waals surface area contributed by atoms with Crippen LogP contribution >= 0.6 is 23.1 Å². The third kappa shape index (κ3) is 4.04. The summed E-state index contributed by atoms with van der Waals surface area (Å²) in [7, 11) is -3.84. The van der Waals surface area contributed by atoms with Gasteiger partial charge in [0.2, 0.25) is 0 Å². The Morgan fingerprint density at radius 1 is 1.07 bits per heavy atom. The lowest BCUT2D eigenvalue weighted by Gasteiger charge is -2.17. The number of halogens is 1. The van der Waals surface area contributed by atoms with Gasteiger partial charge in [-0.2, -0.15) is 8.75 Å². The number of amides is 1. The largest absolute Gasteiger partial charge is 0.350 e. The highest BCUT2D eigenvalue weighted by Gasteiger charge is 2.30. The van der Waals surface area contributed by atoms with Crippen LogP contribution in [0.1, 0.15) is 20.5 Å². The third-order valence-corrected chi connectivity index (χ3v) is 8.13. The number of hydrogen-bond acceptors (Lipinski definition) is 7. The fourth-order valence-corrected chi connectivity index (χ4v) is 6.14. The van der Waals surface area contributed by atoms with E-state index in [4.69, 9.17) is 0 Å². The van der Waals surface area contributed by atoms with Crippen LogP contribution in [0.15, 0.2) is 64.9 Å². The quantitative estimate of drug-likeness (QED) is 0.454. The Bertz CT molecular complexity index is 1250. The van der Waals surface area contributed by atoms with E-state index in [2.05, 4.69) is 14.1 Å². The molecule has 0 radical (unpaired) electrons. The number of sulfone groups is 1. The molecule has 0 saturated carbocycles. The molecule has 148 valence electrons. The summed E-state index contributed by atoms with van der Waals surface area (Å²) in [6.07, 6.45) is 0. The molecule has 0 bridgehead atoms. The number of carbonyl (C=O) groups is 1. The first kappa shape index (κ1) is 19.6. The van der Waals surface area contributed by atoms with Crippen molar-refractivity contribution in [2.24, 2.45) is 0 Å². The lowest BCUT2D eigenvalue weighted by atomic mass is 10.2. The van der Waals surface area contributed by atoms with Crippen LogP contribution in [-0.2, 0) is 9.84 Å². The van der Waals surface area contributed by atoms with Crippen molar-refractivity contribution in [2.75, 3.05) is 6.54 Å². The maximum Gasteiger partial charge on any atom is 0.251 e. The van der Waals surface area contributed by atoms with Crippen LogP contribution in [0, 0.1) is 5.82 Å². The minimum absolute atomic E-state index is 0.00140. The van der Waals surface area contributed by atoms with Crippen LogP contribution in [0.2, 0.25) is 0 Å². The summed E-state index contributed by atoms with van der Waals surface area (Å²) < 4.78 is 47.7. The van der Waals surface area contributed by atoms with Crippen molar-refractivity contribution in [1.29, 1.82) is 0 Å². The van der Waals surface area contributed by atoms with E-state index in [0.29, 0.717) is 21.5 Å². The van der Waals surface area contributed by atoms with Crippen molar-refractivity contribution in [3.05, 3.63) is 76.2 Å². The van der Waals surface area contributed by atoms with Gasteiger partial charge < -0.3 is 5.32 Å². The zero-order valence-electron chi connectivity index (χ0n) is 14.8. The lowest BCUT2D eigenvalue weighted by molar-refractivity contribution is 0.0954. The van der Waals surface area contributed by atoms with E-state index in [1.54, 1.807) is 35.7 Å². The Morgan fingerprint density at radius 2 is 1.83 bits per heavy atom. The summed E-state index contributed by atoms with van der Waals surface area (Å²) in [6.45, 7) is -0.119. The van der Waals surface area contributed by atoms with Gasteiger partial charge in [-0.3, -0.25) is 4.79 Å². The smallest absolute Gasteiger partial charge is 0.251 e. The van der Waals surface area contributed by atoms with Crippen molar-refractivity contribution in [3.63, 3.8) is 0 Å². The molecule has 1 atom stereocenters. The van der Waals surface area contributed by atoms with E-state index in [-0.39, 0.29) is 11.4 Å². The molecule has 10 heteroatoms. The van der Waals surface area contributed by atoms with Crippen molar-refractivity contribution in [1.82, 2.24) is 14.1 Å². The first-order valence-electron chi connectivity index (χ1n) is 8.48. The van der Waals surface area contributed by atoms with Crippen LogP contribution in [-0.4, -0.2) is 29.6 Å². The SMILES string of the molecule is O=C(NC[C@H](c1cccs1)S(=O)(=O)c1ccc(F)cc1)c1ccc2nsnc2c1. The van der Waals surface area contributed by atoms with Gasteiger partial charge in [0, 0.05) is 17.0 Å². The maximum absolute atomic E-state index is 13.2. The summed E-state index contributed by atoms with van der Waals surface area (Å²) in [4.78, 5) is 13.2. The number of thiophene rings is 1. The van der Waals surface area contributed by atoms with Crippen LogP contribution in [0.4, 0.5) is 4.39 Å². The minimum atomic E-state index is -3.84. The lowest BCUT2D eigenvalue weighted by Crippen LogP contribution is -2.31. The Kier molecular flexibility index (Phi) is 5.39. The van der Waals surface area contributed by atoms with E-state index in [1.165, 1.54) is 23.5 Å². The summed E-state index contributed by atoms with van der Waals surface area (Å²) in [5.74, 6) is -0.924. The molecule has 0 aliphatic rings. The number of fused-ring (bicyclic) bond motifs is 1. The number of aromatic nitrogens is 2. The molecule has 0 fully saturated rings. The normalized spacial score (nSPS) is 12.7. The second-order valence-corrected chi connectivity index (χ2v) is 9.82. The van der Waals surface area contributed by atoms with Crippen molar-refractivity contribution < 1.29 is 17.6 Å². The minimum Gasteiger partial charge on any atom is -0.350 e. The van der Waals surface area contributed by atoms with Crippen molar-refractivity contribution in [3.8, 4) is 0 Å². The molecule has 0 spiro atoms. The number of nitrogens with one attached hydrogen (secondary N) is 1. The highest BCUT2D eigenvalue weighted by molar-refractivity contribution is 7.91. The number of benzene rings is 2. The van der Waals surface area contributed by atoms with Gasteiger partial charge in [-0.05, 0) is 53.9 Å². The molecule has 2 heterocycles. The summed E-state index contributed by atoms with van der Waals surface area (Å²) in [5.41, 5.74) is 1.67. The fourth-order valence-electron chi connectivity index (χ4n) is 2.84. The summed E-state index contributed by atoms with van der Waals surface area (Å²) in [5, 5.41) is 3.49. The van der Waals surface area contributed by atoms with Crippen molar-refractivity contribution in [2.45, 2.75) is 10.1 Å². The van der Waals surface area contributed by atoms with E-state index in [1.807, 2.05) is 0 Å². The molecular weight excluding hydrogens is 433 g/mol. The van der Waals surface area contributed by atoms with Crippen LogP contribution < -0.4 is 5.32 Å². The highest BCUT2D eigenvalue weighted by atomic mass is 32.2. The second-order valence-electron chi connectivity index (χ2n) is 6.18. The monoisotopic (exact) mass is 447 g/mol. The fraction of sp³-hybridized carbons (Fsp3) is 0.105. The zero-order chi connectivity index (χ0) is 20.4. The number of carbonyl (C=O) groups excluding carboxylic acids is 1. The van der Waals surface area contributed by atoms with Gasteiger partial charge >= 0.3 is 0 Å². The molecule has 6 nitrogen and oxygen atoms in total. The average Bonchev–Trinajstić information content (AvgIpc) is 3.39. The Morgan fingerprint density at radius 3 is 2.55 bits per heavy atom. The molecule has 4 aromatic rings. The molecule has 0 aliphatic carbocycles. The standard InChI is InChI=1S/C19H14FN3O3S3/c20-13-4-6-14(7-5-13)29(25,26)18(17-2-1-9-27-17)11-21-19(24)12-3-8-15-16(10-12)23-28-22-15/h1-10,18H,11H2,(H,21,24)/t18-/m1/s1. The highest BCUT2D eigenvalue weighted by Crippen LogP contribution is 2.31. The molecule has 0 unspecified atom stereocenters. The van der Waals surface area contributed by atoms with E-state index in [9.17, 15) is 17.6 Å². The molecule has 1 amide bonds. The number of rotatable bonds is 6. The van der Waals surface area contributed by atoms with E-state index in [0.717, 1.165) is 23.9 Å². The Hall–Kier alpha value is -2.69. The predicted molar refractivity (Wildman–Crippen MR) is 110 cm³/mol. The molecule has 4 rings (SSSR count). The zero-order valence-corrected chi connectivity index (χ0v) is 17.2. The van der Waals surface area contributed by atoms with Crippen LogP contribution in [0.25, 0.3) is 11.0 Å². The van der Waals surface area contributed by atoms with E-state index < -0.39 is 26.8 Å². The van der Waals surface area contributed by atoms with Gasteiger partial charge in [-0.1, -0.05) is 6.07 Å². The molecule has 0 aliphatic heterocycles. The van der Waals surface area contributed by atoms with Crippen molar-refractivity contribution >= 4 is 49.8 Å². The topological polar surface area (TPSA) is 89.0 Å². The van der Waals surface area contributed by atoms with Gasteiger partial charge in [0.25, 0.3) is 5.91 Å². The Balaban J connectivity index is 1.59. The van der Waals surface area contributed by atoms with Crippen LogP contribution in [0.3, 0.4) is 0 Å². The molecule has 29 heavy (non-hydrogen) atoms. The van der Waals surface area contributed by atoms with Gasteiger partial charge in [0.15, 0.2) is 9.84 Å². The average molecular weight is 448 g/mol. The molecule has 1 N–H and O–H groups in total. The summed E-state index contributed by atoms with van der Waals surface area (Å²) >= 11 is 2.34. The van der Waals surface area contributed by atoms with Gasteiger partial charge in [0.1, 0.15) is 22.1 Å². The van der Waals surface area contributed by atoms with Gasteiger partial charge in [-0.15, -0.1) is 11.3 Å². The molecule has 2 aromatic heterocycles. The maximum atomic E-state index is 13.2. The van der Waals surface area contributed by atoms with Gasteiger partial charge in [-0.25, -0.2) is 12.8 Å². The van der Waals surface area contributed by atoms with Gasteiger partial charge in [0.05, 0.1) is 16.6 Å². The first-order chi connectivity index (χ1) is 13.9. The second kappa shape index (κ2) is 7.97. The number of hydrogen-bond donors (Lipinski definition) is 1. The molecular formula is C19H14FN3O3S3. The van der Waals surface area contributed by atoms with E-state index >= 15 is 0 Å². The third-order valence-electron chi connectivity index (χ3n) is 4.34. The summed E-state index contributed by atoms with van der Waals surface area (Å²) in [6, 6.07) is 13.1. The molecule has 2 aromatic carbocycles. The molecule has 0 saturated heterocycles. The Labute approximate surface area is 174 Å². The predicted octanol–water partition coefficient (Wildman–Crippen LogP) is 3.84. The first-order valence-corrected chi connectivity index (χ1v) is 11.6. The number of nitrogens with zero attached hydrogens (tertiary/aromatic N) is 2. The van der Waals surface area contributed by atoms with Crippen LogP contribution in [0.5, 0.6) is 0 Å².